The van der Waals surface area contributed by atoms with Gasteiger partial charge in [-0.15, -0.1) is 0 Å². The number of rotatable bonds is 5. The Labute approximate surface area is 88.4 Å². The zero-order valence-electron chi connectivity index (χ0n) is 9.90. The molecule has 0 unspecified atom stereocenters. The minimum absolute atomic E-state index is 0.412. The van der Waals surface area contributed by atoms with Crippen LogP contribution in [0.4, 0.5) is 0 Å². The van der Waals surface area contributed by atoms with E-state index in [0.29, 0.717) is 5.54 Å². The number of nitrogens with zero attached hydrogens (tertiary/aromatic N) is 1. The highest BCUT2D eigenvalue weighted by atomic mass is 15.2. The SMILES string of the molecule is C=C(C)CNCC1(N(C)C)CCCC1. The molecular formula is C12H24N2. The summed E-state index contributed by atoms with van der Waals surface area (Å²) in [7, 11) is 4.40. The molecule has 1 rings (SSSR count). The number of nitrogens with one attached hydrogen (secondary N) is 1. The van der Waals surface area contributed by atoms with Gasteiger partial charge < -0.3 is 10.2 Å². The van der Waals surface area contributed by atoms with Crippen molar-refractivity contribution in [3.05, 3.63) is 12.2 Å². The second-order valence-electron chi connectivity index (χ2n) is 4.89. The van der Waals surface area contributed by atoms with E-state index in [-0.39, 0.29) is 0 Å². The van der Waals surface area contributed by atoms with Crippen molar-refractivity contribution in [3.63, 3.8) is 0 Å². The van der Waals surface area contributed by atoms with E-state index in [4.69, 9.17) is 0 Å². The van der Waals surface area contributed by atoms with Gasteiger partial charge in [0.05, 0.1) is 0 Å². The van der Waals surface area contributed by atoms with Crippen LogP contribution in [0, 0.1) is 0 Å². The van der Waals surface area contributed by atoms with Gasteiger partial charge in [0.25, 0.3) is 0 Å². The molecule has 1 aliphatic carbocycles. The zero-order chi connectivity index (χ0) is 10.6. The van der Waals surface area contributed by atoms with Gasteiger partial charge in [0.1, 0.15) is 0 Å². The molecule has 0 saturated heterocycles. The highest BCUT2D eigenvalue weighted by Crippen LogP contribution is 2.32. The molecule has 2 heteroatoms. The lowest BCUT2D eigenvalue weighted by atomic mass is 9.96. The smallest absolute Gasteiger partial charge is 0.0328 e. The second kappa shape index (κ2) is 4.94. The van der Waals surface area contributed by atoms with Gasteiger partial charge in [-0.2, -0.15) is 0 Å². The molecule has 1 fully saturated rings. The second-order valence-corrected chi connectivity index (χ2v) is 4.89. The molecular weight excluding hydrogens is 172 g/mol. The van der Waals surface area contributed by atoms with Crippen molar-refractivity contribution in [1.29, 1.82) is 0 Å². The lowest BCUT2D eigenvalue weighted by molar-refractivity contribution is 0.155. The maximum atomic E-state index is 3.91. The third-order valence-corrected chi connectivity index (χ3v) is 3.36. The highest BCUT2D eigenvalue weighted by Gasteiger charge is 2.35. The summed E-state index contributed by atoms with van der Waals surface area (Å²) in [4.78, 5) is 2.39. The summed E-state index contributed by atoms with van der Waals surface area (Å²) in [5, 5.41) is 3.51. The fourth-order valence-corrected chi connectivity index (χ4v) is 2.32. The Morgan fingerprint density at radius 3 is 2.36 bits per heavy atom. The molecule has 0 atom stereocenters. The van der Waals surface area contributed by atoms with Gasteiger partial charge in [0.15, 0.2) is 0 Å². The van der Waals surface area contributed by atoms with Crippen LogP contribution in [0.25, 0.3) is 0 Å². The lowest BCUT2D eigenvalue weighted by Crippen LogP contribution is -2.49. The molecule has 0 aromatic carbocycles. The van der Waals surface area contributed by atoms with E-state index in [9.17, 15) is 0 Å². The Balaban J connectivity index is 2.40. The standard InChI is InChI=1S/C12H24N2/c1-11(2)9-13-10-12(14(3)4)7-5-6-8-12/h13H,1,5-10H2,2-4H3. The fraction of sp³-hybridized carbons (Fsp3) is 0.833. The van der Waals surface area contributed by atoms with E-state index in [2.05, 4.69) is 37.8 Å². The molecule has 0 spiro atoms. The molecule has 0 amide bonds. The third kappa shape index (κ3) is 2.82. The average Bonchev–Trinajstić information content (AvgIpc) is 2.53. The van der Waals surface area contributed by atoms with Crippen LogP contribution in [0.5, 0.6) is 0 Å². The van der Waals surface area contributed by atoms with Crippen LogP contribution in [0.3, 0.4) is 0 Å². The first-order valence-electron chi connectivity index (χ1n) is 5.59. The van der Waals surface area contributed by atoms with Gasteiger partial charge in [-0.3, -0.25) is 0 Å². The van der Waals surface area contributed by atoms with Gasteiger partial charge >= 0.3 is 0 Å². The maximum absolute atomic E-state index is 3.91. The van der Waals surface area contributed by atoms with Crippen LogP contribution in [0.15, 0.2) is 12.2 Å². The van der Waals surface area contributed by atoms with Crippen LogP contribution < -0.4 is 5.32 Å². The van der Waals surface area contributed by atoms with Crippen molar-refractivity contribution in [3.8, 4) is 0 Å². The molecule has 82 valence electrons. The Morgan fingerprint density at radius 2 is 1.93 bits per heavy atom. The molecule has 0 aromatic heterocycles. The fourth-order valence-electron chi connectivity index (χ4n) is 2.32. The summed E-state index contributed by atoms with van der Waals surface area (Å²) >= 11 is 0. The van der Waals surface area contributed by atoms with Gasteiger partial charge in [0.2, 0.25) is 0 Å². The van der Waals surface area contributed by atoms with Crippen molar-refractivity contribution in [1.82, 2.24) is 10.2 Å². The summed E-state index contributed by atoms with van der Waals surface area (Å²) in [6, 6.07) is 0. The summed E-state index contributed by atoms with van der Waals surface area (Å²) in [6.07, 6.45) is 5.44. The van der Waals surface area contributed by atoms with Crippen molar-refractivity contribution in [2.24, 2.45) is 0 Å². The van der Waals surface area contributed by atoms with E-state index >= 15 is 0 Å². The molecule has 0 radical (unpaired) electrons. The van der Waals surface area contributed by atoms with Crippen LogP contribution in [-0.4, -0.2) is 37.6 Å². The molecule has 1 N–H and O–H groups in total. The Morgan fingerprint density at radius 1 is 1.36 bits per heavy atom. The monoisotopic (exact) mass is 196 g/mol. The maximum Gasteiger partial charge on any atom is 0.0328 e. The molecule has 14 heavy (non-hydrogen) atoms. The highest BCUT2D eigenvalue weighted by molar-refractivity contribution is 4.97. The summed E-state index contributed by atoms with van der Waals surface area (Å²) in [5.41, 5.74) is 1.63. The summed E-state index contributed by atoms with van der Waals surface area (Å²) in [6.45, 7) is 8.04. The number of hydrogen-bond acceptors (Lipinski definition) is 2. The van der Waals surface area contributed by atoms with Crippen LogP contribution >= 0.6 is 0 Å². The third-order valence-electron chi connectivity index (χ3n) is 3.36. The zero-order valence-corrected chi connectivity index (χ0v) is 9.90. The van der Waals surface area contributed by atoms with E-state index < -0.39 is 0 Å². The summed E-state index contributed by atoms with van der Waals surface area (Å²) < 4.78 is 0. The molecule has 0 heterocycles. The molecule has 0 aromatic rings. The van der Waals surface area contributed by atoms with Gasteiger partial charge in [-0.25, -0.2) is 0 Å². The number of likely N-dealkylation sites (N-methyl/N-ethyl adjacent to an activating group) is 1. The van der Waals surface area contributed by atoms with E-state index in [1.165, 1.54) is 31.3 Å². The molecule has 0 aliphatic heterocycles. The molecule has 2 nitrogen and oxygen atoms in total. The van der Waals surface area contributed by atoms with Gasteiger partial charge in [0, 0.05) is 18.6 Å². The van der Waals surface area contributed by atoms with Crippen molar-refractivity contribution < 1.29 is 0 Å². The van der Waals surface area contributed by atoms with Gasteiger partial charge in [-0.05, 0) is 33.9 Å². The first kappa shape index (κ1) is 11.7. The topological polar surface area (TPSA) is 15.3 Å². The first-order chi connectivity index (χ1) is 6.57. The van der Waals surface area contributed by atoms with Crippen LogP contribution in [0.1, 0.15) is 32.6 Å². The quantitative estimate of drug-likeness (QED) is 0.677. The normalized spacial score (nSPS) is 20.3. The Kier molecular flexibility index (Phi) is 4.14. The van der Waals surface area contributed by atoms with E-state index in [0.717, 1.165) is 13.1 Å². The van der Waals surface area contributed by atoms with Crippen molar-refractivity contribution >= 4 is 0 Å². The minimum Gasteiger partial charge on any atom is -0.311 e. The Hall–Kier alpha value is -0.340. The van der Waals surface area contributed by atoms with Crippen LogP contribution in [-0.2, 0) is 0 Å². The number of hydrogen-bond donors (Lipinski definition) is 1. The van der Waals surface area contributed by atoms with E-state index in [1.807, 2.05) is 0 Å². The largest absolute Gasteiger partial charge is 0.311 e. The van der Waals surface area contributed by atoms with E-state index in [1.54, 1.807) is 0 Å². The molecule has 1 aliphatic rings. The van der Waals surface area contributed by atoms with Gasteiger partial charge in [-0.1, -0.05) is 25.0 Å². The summed E-state index contributed by atoms with van der Waals surface area (Å²) in [5.74, 6) is 0. The van der Waals surface area contributed by atoms with Crippen molar-refractivity contribution in [2.45, 2.75) is 38.1 Å². The predicted molar refractivity (Wildman–Crippen MR) is 62.6 cm³/mol. The van der Waals surface area contributed by atoms with Crippen molar-refractivity contribution in [2.75, 3.05) is 27.2 Å². The first-order valence-corrected chi connectivity index (χ1v) is 5.59. The van der Waals surface area contributed by atoms with Crippen LogP contribution in [0.2, 0.25) is 0 Å². The molecule has 0 bridgehead atoms. The minimum atomic E-state index is 0.412. The lowest BCUT2D eigenvalue weighted by Gasteiger charge is -2.36. The molecule has 1 saturated carbocycles. The average molecular weight is 196 g/mol. The predicted octanol–water partition coefficient (Wildman–Crippen LogP) is 2.03. The Bertz CT molecular complexity index is 190.